The molecule has 1 aromatic rings. The summed E-state index contributed by atoms with van der Waals surface area (Å²) in [5.74, 6) is 0.356. The normalized spacial score (nSPS) is 19.8. The van der Waals surface area contributed by atoms with Crippen molar-refractivity contribution in [2.45, 2.75) is 39.2 Å². The zero-order valence-corrected chi connectivity index (χ0v) is 11.1. The van der Waals surface area contributed by atoms with Gasteiger partial charge in [-0.1, -0.05) is 12.1 Å². The minimum absolute atomic E-state index is 0.0273. The second kappa shape index (κ2) is 6.00. The first-order valence-corrected chi connectivity index (χ1v) is 6.67. The number of amides is 1. The summed E-state index contributed by atoms with van der Waals surface area (Å²) >= 11 is 0. The average Bonchev–Trinajstić information content (AvgIpc) is 2.82. The van der Waals surface area contributed by atoms with Crippen molar-refractivity contribution in [2.75, 3.05) is 19.6 Å². The zero-order chi connectivity index (χ0) is 13.0. The lowest BCUT2D eigenvalue weighted by Gasteiger charge is -2.34. The van der Waals surface area contributed by atoms with E-state index in [2.05, 4.69) is 17.4 Å². The van der Waals surface area contributed by atoms with Crippen LogP contribution in [-0.4, -0.2) is 41.6 Å². The molecule has 1 N–H and O–H groups in total. The number of hydrogen-bond acceptors (Lipinski definition) is 4. The van der Waals surface area contributed by atoms with Crippen molar-refractivity contribution in [3.63, 3.8) is 0 Å². The van der Waals surface area contributed by atoms with Crippen LogP contribution in [0.2, 0.25) is 0 Å². The molecule has 0 spiro atoms. The Kier molecular flexibility index (Phi) is 4.36. The van der Waals surface area contributed by atoms with Gasteiger partial charge in [0.05, 0.1) is 6.20 Å². The van der Waals surface area contributed by atoms with Crippen LogP contribution in [0.1, 0.15) is 42.3 Å². The molecule has 100 valence electrons. The summed E-state index contributed by atoms with van der Waals surface area (Å²) in [5.41, 5.74) is 0.810. The molecule has 1 aromatic heterocycles. The van der Waals surface area contributed by atoms with E-state index in [4.69, 9.17) is 4.52 Å². The van der Waals surface area contributed by atoms with Crippen LogP contribution in [0.25, 0.3) is 0 Å². The van der Waals surface area contributed by atoms with Gasteiger partial charge in [0.25, 0.3) is 5.91 Å². The van der Waals surface area contributed by atoms with Gasteiger partial charge in [0, 0.05) is 24.7 Å². The first-order chi connectivity index (χ1) is 8.74. The molecule has 0 aromatic carbocycles. The van der Waals surface area contributed by atoms with Crippen molar-refractivity contribution in [3.8, 4) is 0 Å². The average molecular weight is 251 g/mol. The smallest absolute Gasteiger partial charge is 0.293 e. The summed E-state index contributed by atoms with van der Waals surface area (Å²) in [6.07, 6.45) is 4.73. The van der Waals surface area contributed by atoms with Crippen molar-refractivity contribution in [1.29, 1.82) is 0 Å². The lowest BCUT2D eigenvalue weighted by molar-refractivity contribution is 0.0605. The number of hydrogen-bond donors (Lipinski definition) is 1. The quantitative estimate of drug-likeness (QED) is 0.882. The molecule has 18 heavy (non-hydrogen) atoms. The summed E-state index contributed by atoms with van der Waals surface area (Å²) in [6, 6.07) is 0.274. The van der Waals surface area contributed by atoms with Crippen LogP contribution in [0.5, 0.6) is 0 Å². The number of nitrogens with one attached hydrogen (secondary N) is 1. The molecule has 1 aliphatic rings. The second-order valence-electron chi connectivity index (χ2n) is 4.84. The van der Waals surface area contributed by atoms with Crippen LogP contribution in [-0.2, 0) is 0 Å². The Hall–Kier alpha value is -1.36. The fourth-order valence-corrected chi connectivity index (χ4v) is 2.42. The molecule has 1 atom stereocenters. The van der Waals surface area contributed by atoms with Gasteiger partial charge in [-0.2, -0.15) is 0 Å². The van der Waals surface area contributed by atoms with Gasteiger partial charge in [-0.15, -0.1) is 0 Å². The van der Waals surface area contributed by atoms with Gasteiger partial charge < -0.3 is 14.7 Å². The van der Waals surface area contributed by atoms with Crippen LogP contribution in [0.15, 0.2) is 10.7 Å². The molecule has 1 saturated heterocycles. The molecule has 0 aliphatic carbocycles. The SMILES string of the molecule is CCCN(C(=O)c1oncc1C)C1CCCNC1. The van der Waals surface area contributed by atoms with Crippen LogP contribution in [0.3, 0.4) is 0 Å². The number of aromatic nitrogens is 1. The third-order valence-electron chi connectivity index (χ3n) is 3.38. The van der Waals surface area contributed by atoms with E-state index in [1.165, 1.54) is 0 Å². The van der Waals surface area contributed by atoms with Gasteiger partial charge in [-0.05, 0) is 32.7 Å². The number of piperidine rings is 1. The number of aryl methyl sites for hydroxylation is 1. The van der Waals surface area contributed by atoms with Gasteiger partial charge in [0.15, 0.2) is 0 Å². The molecule has 2 rings (SSSR count). The van der Waals surface area contributed by atoms with Crippen molar-refractivity contribution in [2.24, 2.45) is 0 Å². The summed E-state index contributed by atoms with van der Waals surface area (Å²) < 4.78 is 5.08. The maximum absolute atomic E-state index is 12.5. The van der Waals surface area contributed by atoms with E-state index in [0.29, 0.717) is 5.76 Å². The van der Waals surface area contributed by atoms with Crippen molar-refractivity contribution < 1.29 is 9.32 Å². The summed E-state index contributed by atoms with van der Waals surface area (Å²) in [4.78, 5) is 14.4. The molecule has 5 heteroatoms. The van der Waals surface area contributed by atoms with Crippen molar-refractivity contribution in [3.05, 3.63) is 17.5 Å². The minimum atomic E-state index is -0.0273. The maximum atomic E-state index is 12.5. The largest absolute Gasteiger partial charge is 0.351 e. The highest BCUT2D eigenvalue weighted by atomic mass is 16.5. The first-order valence-electron chi connectivity index (χ1n) is 6.67. The van der Waals surface area contributed by atoms with E-state index >= 15 is 0 Å². The van der Waals surface area contributed by atoms with Gasteiger partial charge in [0.1, 0.15) is 0 Å². The number of rotatable bonds is 4. The van der Waals surface area contributed by atoms with Gasteiger partial charge in [-0.3, -0.25) is 4.79 Å². The van der Waals surface area contributed by atoms with Crippen LogP contribution < -0.4 is 5.32 Å². The molecular formula is C13H21N3O2. The first kappa shape index (κ1) is 13.1. The topological polar surface area (TPSA) is 58.4 Å². The van der Waals surface area contributed by atoms with Gasteiger partial charge in [0.2, 0.25) is 5.76 Å². The molecule has 0 radical (unpaired) electrons. The predicted molar refractivity (Wildman–Crippen MR) is 68.5 cm³/mol. The highest BCUT2D eigenvalue weighted by Crippen LogP contribution is 2.17. The van der Waals surface area contributed by atoms with E-state index in [1.54, 1.807) is 6.20 Å². The molecule has 1 aliphatic heterocycles. The Morgan fingerprint density at radius 2 is 2.50 bits per heavy atom. The lowest BCUT2D eigenvalue weighted by atomic mass is 10.0. The Morgan fingerprint density at radius 1 is 1.67 bits per heavy atom. The zero-order valence-electron chi connectivity index (χ0n) is 11.1. The number of carbonyl (C=O) groups excluding carboxylic acids is 1. The fraction of sp³-hybridized carbons (Fsp3) is 0.692. The third kappa shape index (κ3) is 2.72. The predicted octanol–water partition coefficient (Wildman–Crippen LogP) is 1.59. The van der Waals surface area contributed by atoms with Crippen LogP contribution >= 0.6 is 0 Å². The Bertz CT molecular complexity index is 397. The molecular weight excluding hydrogens is 230 g/mol. The number of carbonyl (C=O) groups is 1. The second-order valence-corrected chi connectivity index (χ2v) is 4.84. The van der Waals surface area contributed by atoms with Gasteiger partial charge in [-0.25, -0.2) is 0 Å². The molecule has 1 fully saturated rings. The van der Waals surface area contributed by atoms with Crippen molar-refractivity contribution >= 4 is 5.91 Å². The molecule has 1 amide bonds. The standard InChI is InChI=1S/C13H21N3O2/c1-3-7-16(11-5-4-6-14-9-11)13(17)12-10(2)8-15-18-12/h8,11,14H,3-7,9H2,1-2H3. The molecule has 0 bridgehead atoms. The Balaban J connectivity index is 2.13. The molecule has 1 unspecified atom stereocenters. The monoisotopic (exact) mass is 251 g/mol. The van der Waals surface area contributed by atoms with E-state index < -0.39 is 0 Å². The number of nitrogens with zero attached hydrogens (tertiary/aromatic N) is 2. The van der Waals surface area contributed by atoms with E-state index in [0.717, 1.165) is 44.5 Å². The Morgan fingerprint density at radius 3 is 3.06 bits per heavy atom. The summed E-state index contributed by atoms with van der Waals surface area (Å²) in [5, 5.41) is 7.04. The molecule has 2 heterocycles. The van der Waals surface area contributed by atoms with E-state index in [1.807, 2.05) is 11.8 Å². The molecule has 5 nitrogen and oxygen atoms in total. The molecule has 0 saturated carbocycles. The van der Waals surface area contributed by atoms with E-state index in [9.17, 15) is 4.79 Å². The van der Waals surface area contributed by atoms with Crippen LogP contribution in [0.4, 0.5) is 0 Å². The van der Waals surface area contributed by atoms with E-state index in [-0.39, 0.29) is 11.9 Å². The lowest BCUT2D eigenvalue weighted by Crippen LogP contribution is -2.49. The summed E-state index contributed by atoms with van der Waals surface area (Å²) in [6.45, 7) is 6.63. The highest BCUT2D eigenvalue weighted by Gasteiger charge is 2.28. The summed E-state index contributed by atoms with van der Waals surface area (Å²) in [7, 11) is 0. The Labute approximate surface area is 108 Å². The fourth-order valence-electron chi connectivity index (χ4n) is 2.42. The third-order valence-corrected chi connectivity index (χ3v) is 3.38. The van der Waals surface area contributed by atoms with Crippen molar-refractivity contribution in [1.82, 2.24) is 15.4 Å². The van der Waals surface area contributed by atoms with Crippen LogP contribution in [0, 0.1) is 6.92 Å². The van der Waals surface area contributed by atoms with Gasteiger partial charge >= 0.3 is 0 Å². The highest BCUT2D eigenvalue weighted by molar-refractivity contribution is 5.92. The minimum Gasteiger partial charge on any atom is -0.351 e. The maximum Gasteiger partial charge on any atom is 0.293 e.